The predicted molar refractivity (Wildman–Crippen MR) is 98.3 cm³/mol. The van der Waals surface area contributed by atoms with E-state index in [1.807, 2.05) is 32.1 Å². The molecule has 0 amide bonds. The number of rotatable bonds is 6. The Balaban J connectivity index is 1.53. The molecule has 126 valence electrons. The Morgan fingerprint density at radius 3 is 2.71 bits per heavy atom. The van der Waals surface area contributed by atoms with Crippen molar-refractivity contribution in [2.24, 2.45) is 0 Å². The van der Waals surface area contributed by atoms with Crippen molar-refractivity contribution in [2.75, 3.05) is 6.54 Å². The third-order valence-corrected chi connectivity index (χ3v) is 4.23. The van der Waals surface area contributed by atoms with Crippen LogP contribution in [-0.2, 0) is 13.0 Å². The molecule has 2 N–H and O–H groups in total. The van der Waals surface area contributed by atoms with E-state index in [-0.39, 0.29) is 11.4 Å². The average molecular weight is 323 g/mol. The van der Waals surface area contributed by atoms with Gasteiger partial charge in [0.05, 0.1) is 0 Å². The third kappa shape index (κ3) is 4.18. The zero-order valence-corrected chi connectivity index (χ0v) is 14.4. The summed E-state index contributed by atoms with van der Waals surface area (Å²) >= 11 is 0. The summed E-state index contributed by atoms with van der Waals surface area (Å²) in [6.07, 6.45) is 6.25. The standard InChI is InChI=1S/C21H25NO2/c1-21(2)11-10-17-13-18(19(23)14-20(17)24-21)15-22-12-6-9-16-7-4-3-5-8-16/h3-5,7-8,10-11,13-14,22-23H,6,9,12,15H2,1-2H3. The molecule has 0 unspecified atom stereocenters. The lowest BCUT2D eigenvalue weighted by atomic mass is 10.00. The maximum absolute atomic E-state index is 10.2. The van der Waals surface area contributed by atoms with Gasteiger partial charge in [-0.25, -0.2) is 0 Å². The van der Waals surface area contributed by atoms with Gasteiger partial charge >= 0.3 is 0 Å². The number of nitrogens with one attached hydrogen (secondary N) is 1. The quantitative estimate of drug-likeness (QED) is 0.779. The molecule has 0 saturated carbocycles. The molecule has 0 aromatic heterocycles. The molecule has 0 bridgehead atoms. The van der Waals surface area contributed by atoms with Gasteiger partial charge in [0.2, 0.25) is 0 Å². The second-order valence-corrected chi connectivity index (χ2v) is 6.82. The van der Waals surface area contributed by atoms with E-state index in [0.717, 1.165) is 36.3 Å². The molecular weight excluding hydrogens is 298 g/mol. The molecule has 24 heavy (non-hydrogen) atoms. The summed E-state index contributed by atoms with van der Waals surface area (Å²) < 4.78 is 5.88. The van der Waals surface area contributed by atoms with E-state index in [0.29, 0.717) is 6.54 Å². The van der Waals surface area contributed by atoms with Crippen LogP contribution in [0.1, 0.15) is 37.0 Å². The molecule has 3 heteroatoms. The van der Waals surface area contributed by atoms with Crippen LogP contribution in [0.2, 0.25) is 0 Å². The zero-order valence-electron chi connectivity index (χ0n) is 14.4. The third-order valence-electron chi connectivity index (χ3n) is 4.23. The highest BCUT2D eigenvalue weighted by Crippen LogP contribution is 2.35. The van der Waals surface area contributed by atoms with Crippen molar-refractivity contribution in [3.05, 3.63) is 65.2 Å². The lowest BCUT2D eigenvalue weighted by molar-refractivity contribution is 0.158. The average Bonchev–Trinajstić information content (AvgIpc) is 2.55. The van der Waals surface area contributed by atoms with Gasteiger partial charge in [-0.2, -0.15) is 0 Å². The molecule has 1 aliphatic heterocycles. The first kappa shape index (κ1) is 16.6. The van der Waals surface area contributed by atoms with Crippen LogP contribution in [0.4, 0.5) is 0 Å². The highest BCUT2D eigenvalue weighted by atomic mass is 16.5. The maximum Gasteiger partial charge on any atom is 0.131 e. The molecule has 0 fully saturated rings. The van der Waals surface area contributed by atoms with Crippen LogP contribution in [0, 0.1) is 0 Å². The summed E-state index contributed by atoms with van der Waals surface area (Å²) in [6.45, 7) is 5.59. The van der Waals surface area contributed by atoms with E-state index < -0.39 is 0 Å². The molecule has 3 nitrogen and oxygen atoms in total. The lowest BCUT2D eigenvalue weighted by Crippen LogP contribution is -2.27. The van der Waals surface area contributed by atoms with E-state index in [2.05, 4.69) is 35.7 Å². The van der Waals surface area contributed by atoms with Crippen LogP contribution < -0.4 is 10.1 Å². The fraction of sp³-hybridized carbons (Fsp3) is 0.333. The summed E-state index contributed by atoms with van der Waals surface area (Å²) in [5, 5.41) is 13.6. The van der Waals surface area contributed by atoms with Crippen LogP contribution in [-0.4, -0.2) is 17.3 Å². The Morgan fingerprint density at radius 1 is 1.12 bits per heavy atom. The number of phenols is 1. The van der Waals surface area contributed by atoms with Crippen molar-refractivity contribution >= 4 is 6.08 Å². The molecule has 0 aliphatic carbocycles. The van der Waals surface area contributed by atoms with Crippen molar-refractivity contribution in [2.45, 2.75) is 38.8 Å². The minimum absolute atomic E-state index is 0.287. The molecule has 0 saturated heterocycles. The van der Waals surface area contributed by atoms with Gasteiger partial charge in [0.1, 0.15) is 17.1 Å². The second-order valence-electron chi connectivity index (χ2n) is 6.82. The van der Waals surface area contributed by atoms with E-state index >= 15 is 0 Å². The summed E-state index contributed by atoms with van der Waals surface area (Å²) in [4.78, 5) is 0. The Labute approximate surface area is 144 Å². The normalized spacial score (nSPS) is 14.9. The molecule has 0 spiro atoms. The van der Waals surface area contributed by atoms with Gasteiger partial charge < -0.3 is 15.2 Å². The van der Waals surface area contributed by atoms with Gasteiger partial charge in [-0.3, -0.25) is 0 Å². The number of hydrogen-bond donors (Lipinski definition) is 2. The van der Waals surface area contributed by atoms with Crippen LogP contribution in [0.15, 0.2) is 48.5 Å². The fourth-order valence-electron chi connectivity index (χ4n) is 2.89. The summed E-state index contributed by atoms with van der Waals surface area (Å²) in [5.41, 5.74) is 2.96. The number of phenolic OH excluding ortho intramolecular Hbond substituents is 1. The number of hydrogen-bond acceptors (Lipinski definition) is 3. The summed E-state index contributed by atoms with van der Waals surface area (Å²) in [5.74, 6) is 1.03. The molecule has 1 heterocycles. The van der Waals surface area contributed by atoms with Gasteiger partial charge in [-0.1, -0.05) is 36.4 Å². The number of benzene rings is 2. The predicted octanol–water partition coefficient (Wildman–Crippen LogP) is 4.30. The van der Waals surface area contributed by atoms with Gasteiger partial charge in [0.15, 0.2) is 0 Å². The Kier molecular flexibility index (Phi) is 4.91. The first-order valence-electron chi connectivity index (χ1n) is 8.52. The SMILES string of the molecule is CC1(C)C=Cc2cc(CNCCCc3ccccc3)c(O)cc2O1. The van der Waals surface area contributed by atoms with E-state index in [1.54, 1.807) is 6.07 Å². The van der Waals surface area contributed by atoms with Crippen molar-refractivity contribution < 1.29 is 9.84 Å². The molecule has 1 aliphatic rings. The first-order valence-corrected chi connectivity index (χ1v) is 8.52. The Hall–Kier alpha value is -2.26. The monoisotopic (exact) mass is 323 g/mol. The van der Waals surface area contributed by atoms with Crippen LogP contribution in [0.25, 0.3) is 6.08 Å². The number of aromatic hydroxyl groups is 1. The highest BCUT2D eigenvalue weighted by Gasteiger charge is 2.22. The molecular formula is C21H25NO2. The van der Waals surface area contributed by atoms with Crippen molar-refractivity contribution in [1.82, 2.24) is 5.32 Å². The Bertz CT molecular complexity index is 720. The summed E-state index contributed by atoms with van der Waals surface area (Å²) in [7, 11) is 0. The van der Waals surface area contributed by atoms with E-state index in [1.165, 1.54) is 5.56 Å². The molecule has 0 radical (unpaired) electrons. The number of fused-ring (bicyclic) bond motifs is 1. The van der Waals surface area contributed by atoms with Gasteiger partial charge in [-0.15, -0.1) is 0 Å². The Morgan fingerprint density at radius 2 is 1.92 bits per heavy atom. The van der Waals surface area contributed by atoms with Gasteiger partial charge in [0, 0.05) is 23.7 Å². The number of aryl methyl sites for hydroxylation is 1. The van der Waals surface area contributed by atoms with Gasteiger partial charge in [-0.05, 0) is 50.9 Å². The van der Waals surface area contributed by atoms with Crippen LogP contribution >= 0.6 is 0 Å². The van der Waals surface area contributed by atoms with Gasteiger partial charge in [0.25, 0.3) is 0 Å². The van der Waals surface area contributed by atoms with E-state index in [4.69, 9.17) is 4.74 Å². The highest BCUT2D eigenvalue weighted by molar-refractivity contribution is 5.64. The second kappa shape index (κ2) is 7.10. The molecule has 0 atom stereocenters. The van der Waals surface area contributed by atoms with E-state index in [9.17, 15) is 5.11 Å². The smallest absolute Gasteiger partial charge is 0.131 e. The lowest BCUT2D eigenvalue weighted by Gasteiger charge is -2.28. The molecule has 2 aromatic rings. The van der Waals surface area contributed by atoms with Crippen LogP contribution in [0.3, 0.4) is 0 Å². The number of ether oxygens (including phenoxy) is 1. The largest absolute Gasteiger partial charge is 0.507 e. The van der Waals surface area contributed by atoms with Crippen molar-refractivity contribution in [3.63, 3.8) is 0 Å². The first-order chi connectivity index (χ1) is 11.5. The van der Waals surface area contributed by atoms with Crippen LogP contribution in [0.5, 0.6) is 11.5 Å². The topological polar surface area (TPSA) is 41.5 Å². The summed E-state index contributed by atoms with van der Waals surface area (Å²) in [6, 6.07) is 14.2. The molecule has 3 rings (SSSR count). The minimum atomic E-state index is -0.323. The minimum Gasteiger partial charge on any atom is -0.507 e. The molecule has 2 aromatic carbocycles. The fourth-order valence-corrected chi connectivity index (χ4v) is 2.89. The zero-order chi connectivity index (χ0) is 17.0. The maximum atomic E-state index is 10.2. The van der Waals surface area contributed by atoms with Crippen molar-refractivity contribution in [3.8, 4) is 11.5 Å². The van der Waals surface area contributed by atoms with Crippen molar-refractivity contribution in [1.29, 1.82) is 0 Å².